The summed E-state index contributed by atoms with van der Waals surface area (Å²) in [6, 6.07) is 9.60. The lowest BCUT2D eigenvalue weighted by molar-refractivity contribution is -0.274. The van der Waals surface area contributed by atoms with Crippen LogP contribution in [0.2, 0.25) is 0 Å². The predicted octanol–water partition coefficient (Wildman–Crippen LogP) is 4.11. The van der Waals surface area contributed by atoms with Gasteiger partial charge in [-0.2, -0.15) is 0 Å². The highest BCUT2D eigenvalue weighted by Gasteiger charge is 2.35. The van der Waals surface area contributed by atoms with E-state index in [4.69, 9.17) is 4.98 Å². The number of imidazole rings is 1. The van der Waals surface area contributed by atoms with Gasteiger partial charge in [0.1, 0.15) is 23.0 Å². The van der Waals surface area contributed by atoms with Crippen molar-refractivity contribution in [3.63, 3.8) is 0 Å². The molecule has 5 rings (SSSR count). The monoisotopic (exact) mass is 529 g/mol. The predicted molar refractivity (Wildman–Crippen MR) is 134 cm³/mol. The minimum absolute atomic E-state index is 0.154. The molecule has 2 aromatic heterocycles. The highest BCUT2D eigenvalue weighted by molar-refractivity contribution is 5.99. The molecule has 1 unspecified atom stereocenters. The highest BCUT2D eigenvalue weighted by atomic mass is 19.4. The van der Waals surface area contributed by atoms with Crippen molar-refractivity contribution in [1.82, 2.24) is 24.3 Å². The SMILES string of the molecule is Cn1c(-c2cccc(OC(F)(F)F)c2)nc(-c2ccncc2)c1C(=O)N1CCC(N2CCCC2CO)CC1. The number of halogens is 3. The van der Waals surface area contributed by atoms with E-state index in [1.165, 1.54) is 18.2 Å². The second kappa shape index (κ2) is 10.7. The molecule has 0 spiro atoms. The highest BCUT2D eigenvalue weighted by Crippen LogP contribution is 2.33. The van der Waals surface area contributed by atoms with E-state index in [-0.39, 0.29) is 24.3 Å². The standard InChI is InChI=1S/C27H30F3N5O3/c1-33-24(26(37)34-14-9-20(10-15-34)35-13-3-5-21(35)17-36)23(18-7-11-31-12-8-18)32-25(33)19-4-2-6-22(16-19)38-27(28,29)30/h2,4,6-8,11-12,16,20-21,36H,3,5,9-10,13-15,17H2,1H3. The van der Waals surface area contributed by atoms with Gasteiger partial charge in [-0.3, -0.25) is 14.7 Å². The molecular formula is C27H30F3N5O3. The topological polar surface area (TPSA) is 83.7 Å². The summed E-state index contributed by atoms with van der Waals surface area (Å²) >= 11 is 0. The Morgan fingerprint density at radius 2 is 1.82 bits per heavy atom. The van der Waals surface area contributed by atoms with Gasteiger partial charge in [0, 0.05) is 55.7 Å². The molecule has 1 atom stereocenters. The molecule has 2 saturated heterocycles. The molecule has 1 aromatic carbocycles. The number of piperidine rings is 1. The summed E-state index contributed by atoms with van der Waals surface area (Å²) in [4.78, 5) is 26.8. The lowest BCUT2D eigenvalue weighted by atomic mass is 10.0. The zero-order valence-electron chi connectivity index (χ0n) is 21.1. The molecule has 11 heteroatoms. The average molecular weight is 530 g/mol. The van der Waals surface area contributed by atoms with Crippen molar-refractivity contribution in [2.45, 2.75) is 44.1 Å². The lowest BCUT2D eigenvalue weighted by Gasteiger charge is -2.39. The van der Waals surface area contributed by atoms with Crippen LogP contribution in [-0.4, -0.2) is 80.0 Å². The molecule has 0 bridgehead atoms. The lowest BCUT2D eigenvalue weighted by Crippen LogP contribution is -2.49. The van der Waals surface area contributed by atoms with Gasteiger partial charge in [-0.05, 0) is 56.5 Å². The molecule has 38 heavy (non-hydrogen) atoms. The Morgan fingerprint density at radius 3 is 2.50 bits per heavy atom. The molecule has 2 aliphatic rings. The number of pyridine rings is 1. The van der Waals surface area contributed by atoms with Gasteiger partial charge < -0.3 is 19.3 Å². The Balaban J connectivity index is 1.44. The number of likely N-dealkylation sites (tertiary alicyclic amines) is 2. The first-order valence-electron chi connectivity index (χ1n) is 12.7. The maximum absolute atomic E-state index is 13.9. The van der Waals surface area contributed by atoms with Crippen LogP contribution < -0.4 is 4.74 Å². The van der Waals surface area contributed by atoms with Gasteiger partial charge in [-0.1, -0.05) is 12.1 Å². The van der Waals surface area contributed by atoms with E-state index in [2.05, 4.69) is 14.6 Å². The fourth-order valence-corrected chi connectivity index (χ4v) is 5.63. The van der Waals surface area contributed by atoms with E-state index in [0.29, 0.717) is 47.5 Å². The van der Waals surface area contributed by atoms with Gasteiger partial charge in [-0.25, -0.2) is 4.98 Å². The summed E-state index contributed by atoms with van der Waals surface area (Å²) in [6.45, 7) is 2.27. The maximum atomic E-state index is 13.9. The number of aliphatic hydroxyl groups is 1. The first-order chi connectivity index (χ1) is 18.2. The molecule has 2 aliphatic heterocycles. The van der Waals surface area contributed by atoms with E-state index in [9.17, 15) is 23.1 Å². The van der Waals surface area contributed by atoms with E-state index < -0.39 is 6.36 Å². The first kappa shape index (κ1) is 26.2. The summed E-state index contributed by atoms with van der Waals surface area (Å²) in [6.07, 6.45) is 2.10. The number of aromatic nitrogens is 3. The quantitative estimate of drug-likeness (QED) is 0.518. The number of aliphatic hydroxyl groups excluding tert-OH is 1. The maximum Gasteiger partial charge on any atom is 0.573 e. The van der Waals surface area contributed by atoms with Crippen LogP contribution in [0.4, 0.5) is 13.2 Å². The Bertz CT molecular complexity index is 1270. The molecule has 1 N–H and O–H groups in total. The number of benzene rings is 1. The van der Waals surface area contributed by atoms with Gasteiger partial charge in [0.05, 0.1) is 6.61 Å². The number of alkyl halides is 3. The third-order valence-corrected chi connectivity index (χ3v) is 7.43. The molecule has 3 aromatic rings. The van der Waals surface area contributed by atoms with Crippen LogP contribution in [0.15, 0.2) is 48.8 Å². The number of carbonyl (C=O) groups excluding carboxylic acids is 1. The summed E-state index contributed by atoms with van der Waals surface area (Å²) in [5.41, 5.74) is 1.89. The fraction of sp³-hybridized carbons (Fsp3) is 0.444. The van der Waals surface area contributed by atoms with Crippen LogP contribution in [0.3, 0.4) is 0 Å². The molecule has 2 fully saturated rings. The van der Waals surface area contributed by atoms with Gasteiger partial charge in [-0.15, -0.1) is 13.2 Å². The Hall–Kier alpha value is -3.44. The smallest absolute Gasteiger partial charge is 0.406 e. The Kier molecular flexibility index (Phi) is 7.40. The average Bonchev–Trinajstić information content (AvgIpc) is 3.52. The van der Waals surface area contributed by atoms with Crippen LogP contribution in [-0.2, 0) is 7.05 Å². The third kappa shape index (κ3) is 5.39. The van der Waals surface area contributed by atoms with Crippen molar-refractivity contribution >= 4 is 5.91 Å². The number of nitrogens with zero attached hydrogens (tertiary/aromatic N) is 5. The van der Waals surface area contributed by atoms with Crippen molar-refractivity contribution in [2.75, 3.05) is 26.2 Å². The molecule has 1 amide bonds. The van der Waals surface area contributed by atoms with Gasteiger partial charge in [0.15, 0.2) is 0 Å². The minimum Gasteiger partial charge on any atom is -0.406 e. The van der Waals surface area contributed by atoms with Crippen molar-refractivity contribution in [2.24, 2.45) is 7.05 Å². The minimum atomic E-state index is -4.82. The van der Waals surface area contributed by atoms with Crippen LogP contribution in [0.1, 0.15) is 36.2 Å². The van der Waals surface area contributed by atoms with E-state index in [1.54, 1.807) is 42.2 Å². The summed E-state index contributed by atoms with van der Waals surface area (Å²) in [5, 5.41) is 9.71. The zero-order valence-corrected chi connectivity index (χ0v) is 21.1. The van der Waals surface area contributed by atoms with Gasteiger partial charge in [0.2, 0.25) is 0 Å². The second-order valence-electron chi connectivity index (χ2n) is 9.74. The molecule has 8 nitrogen and oxygen atoms in total. The van der Waals surface area contributed by atoms with Crippen LogP contribution in [0, 0.1) is 0 Å². The third-order valence-electron chi connectivity index (χ3n) is 7.43. The summed E-state index contributed by atoms with van der Waals surface area (Å²) < 4.78 is 44.2. The molecule has 4 heterocycles. The van der Waals surface area contributed by atoms with E-state index >= 15 is 0 Å². The fourth-order valence-electron chi connectivity index (χ4n) is 5.63. The summed E-state index contributed by atoms with van der Waals surface area (Å²) in [5.74, 6) is -0.189. The molecule has 0 aliphatic carbocycles. The van der Waals surface area contributed by atoms with Crippen molar-refractivity contribution < 1.29 is 27.8 Å². The van der Waals surface area contributed by atoms with Crippen molar-refractivity contribution in [3.8, 4) is 28.4 Å². The van der Waals surface area contributed by atoms with E-state index in [0.717, 1.165) is 32.2 Å². The number of amides is 1. The molecule has 202 valence electrons. The first-order valence-corrected chi connectivity index (χ1v) is 12.7. The van der Waals surface area contributed by atoms with Crippen molar-refractivity contribution in [1.29, 1.82) is 0 Å². The van der Waals surface area contributed by atoms with Crippen molar-refractivity contribution in [3.05, 3.63) is 54.5 Å². The number of hydrogen-bond acceptors (Lipinski definition) is 6. The van der Waals surface area contributed by atoms with Crippen LogP contribution in [0.25, 0.3) is 22.6 Å². The number of rotatable bonds is 6. The van der Waals surface area contributed by atoms with Crippen LogP contribution in [0.5, 0.6) is 5.75 Å². The summed E-state index contributed by atoms with van der Waals surface area (Å²) in [7, 11) is 1.69. The number of hydrogen-bond donors (Lipinski definition) is 1. The second-order valence-corrected chi connectivity index (χ2v) is 9.74. The largest absolute Gasteiger partial charge is 0.573 e. The molecule has 0 saturated carbocycles. The normalized spacial score (nSPS) is 19.2. The molecule has 0 radical (unpaired) electrons. The Morgan fingerprint density at radius 1 is 1.08 bits per heavy atom. The Labute approximate surface area is 218 Å². The van der Waals surface area contributed by atoms with Crippen LogP contribution >= 0.6 is 0 Å². The van der Waals surface area contributed by atoms with E-state index in [1.807, 2.05) is 4.90 Å². The molecular weight excluding hydrogens is 499 g/mol. The van der Waals surface area contributed by atoms with Gasteiger partial charge in [0.25, 0.3) is 5.91 Å². The number of carbonyl (C=O) groups is 1. The number of ether oxygens (including phenoxy) is 1. The zero-order chi connectivity index (χ0) is 26.9. The van der Waals surface area contributed by atoms with Gasteiger partial charge >= 0.3 is 6.36 Å².